The molecule has 1 aliphatic heterocycles. The lowest BCUT2D eigenvalue weighted by Crippen LogP contribution is -2.30. The Hall–Kier alpha value is -2.77. The molecule has 0 spiro atoms. The van der Waals surface area contributed by atoms with E-state index in [1.54, 1.807) is 29.7 Å². The summed E-state index contributed by atoms with van der Waals surface area (Å²) < 4.78 is 0. The molecular formula is C25H25N3O2S2. The minimum atomic E-state index is -0.0887. The molecule has 1 aromatic heterocycles. The van der Waals surface area contributed by atoms with Crippen molar-refractivity contribution >= 4 is 35.3 Å². The molecule has 1 N–H and O–H groups in total. The summed E-state index contributed by atoms with van der Waals surface area (Å²) in [6.45, 7) is 1.26. The Morgan fingerprint density at radius 3 is 2.59 bits per heavy atom. The Morgan fingerprint density at radius 2 is 1.84 bits per heavy atom. The number of nitrogens with one attached hydrogen (secondary N) is 1. The quantitative estimate of drug-likeness (QED) is 0.376. The molecule has 2 aromatic carbocycles. The third-order valence-corrected chi connectivity index (χ3v) is 7.39. The van der Waals surface area contributed by atoms with Crippen LogP contribution in [0.1, 0.15) is 26.9 Å². The van der Waals surface area contributed by atoms with Crippen molar-refractivity contribution in [1.82, 2.24) is 15.2 Å². The van der Waals surface area contributed by atoms with Gasteiger partial charge >= 0.3 is 0 Å². The van der Waals surface area contributed by atoms with Crippen molar-refractivity contribution in [3.63, 3.8) is 0 Å². The molecule has 0 aliphatic carbocycles. The highest BCUT2D eigenvalue weighted by Crippen LogP contribution is 2.38. The van der Waals surface area contributed by atoms with E-state index in [1.165, 1.54) is 5.56 Å². The average molecular weight is 464 g/mol. The highest BCUT2D eigenvalue weighted by Gasteiger charge is 2.32. The van der Waals surface area contributed by atoms with Gasteiger partial charge in [-0.3, -0.25) is 9.59 Å². The van der Waals surface area contributed by atoms with Gasteiger partial charge in [0.2, 0.25) is 5.91 Å². The van der Waals surface area contributed by atoms with Crippen LogP contribution in [0.3, 0.4) is 0 Å². The summed E-state index contributed by atoms with van der Waals surface area (Å²) in [5, 5.41) is 3.90. The lowest BCUT2D eigenvalue weighted by atomic mass is 10.1. The van der Waals surface area contributed by atoms with Crippen molar-refractivity contribution in [3.05, 3.63) is 95.7 Å². The van der Waals surface area contributed by atoms with Gasteiger partial charge in [-0.15, -0.1) is 23.5 Å². The van der Waals surface area contributed by atoms with Gasteiger partial charge in [0.1, 0.15) is 5.37 Å². The third kappa shape index (κ3) is 5.93. The van der Waals surface area contributed by atoms with Gasteiger partial charge in [-0.1, -0.05) is 48.5 Å². The number of amides is 2. The molecule has 0 saturated carbocycles. The van der Waals surface area contributed by atoms with Gasteiger partial charge in [-0.25, -0.2) is 4.98 Å². The van der Waals surface area contributed by atoms with E-state index in [-0.39, 0.29) is 17.2 Å². The zero-order valence-electron chi connectivity index (χ0n) is 17.6. The minimum absolute atomic E-state index is 0.00176. The predicted molar refractivity (Wildman–Crippen MR) is 131 cm³/mol. The van der Waals surface area contributed by atoms with E-state index in [4.69, 9.17) is 0 Å². The summed E-state index contributed by atoms with van der Waals surface area (Å²) in [4.78, 5) is 31.1. The van der Waals surface area contributed by atoms with Crippen LogP contribution in [-0.2, 0) is 11.2 Å². The van der Waals surface area contributed by atoms with Gasteiger partial charge in [0.25, 0.3) is 5.91 Å². The second-order valence-corrected chi connectivity index (χ2v) is 9.56. The number of hydrogen-bond donors (Lipinski definition) is 1. The molecule has 3 aromatic rings. The first kappa shape index (κ1) is 22.4. The maximum Gasteiger partial charge on any atom is 0.251 e. The van der Waals surface area contributed by atoms with Crippen LogP contribution in [0.4, 0.5) is 0 Å². The second-order valence-electron chi connectivity index (χ2n) is 7.38. The van der Waals surface area contributed by atoms with Gasteiger partial charge in [0.15, 0.2) is 0 Å². The highest BCUT2D eigenvalue weighted by atomic mass is 32.2. The topological polar surface area (TPSA) is 62.3 Å². The van der Waals surface area contributed by atoms with Gasteiger partial charge in [0.05, 0.1) is 10.8 Å². The Labute approximate surface area is 197 Å². The van der Waals surface area contributed by atoms with E-state index in [0.717, 1.165) is 22.8 Å². The molecule has 2 heterocycles. The fraction of sp³-hybridized carbons (Fsp3) is 0.240. The van der Waals surface area contributed by atoms with Crippen molar-refractivity contribution in [2.45, 2.75) is 16.8 Å². The smallest absolute Gasteiger partial charge is 0.251 e. The summed E-state index contributed by atoms with van der Waals surface area (Å²) in [7, 11) is 0. The van der Waals surface area contributed by atoms with E-state index in [1.807, 2.05) is 65.6 Å². The summed E-state index contributed by atoms with van der Waals surface area (Å²) in [6, 6.07) is 23.6. The van der Waals surface area contributed by atoms with Gasteiger partial charge in [0, 0.05) is 30.6 Å². The summed E-state index contributed by atoms with van der Waals surface area (Å²) in [5.74, 6) is 1.34. The molecule has 2 amide bonds. The Balaban J connectivity index is 1.29. The molecule has 1 saturated heterocycles. The molecule has 1 atom stereocenters. The van der Waals surface area contributed by atoms with Crippen LogP contribution in [0.25, 0.3) is 0 Å². The molecule has 5 nitrogen and oxygen atoms in total. The van der Waals surface area contributed by atoms with E-state index in [9.17, 15) is 9.59 Å². The number of rotatable bonds is 9. The van der Waals surface area contributed by atoms with Crippen LogP contribution in [-0.4, -0.2) is 46.3 Å². The molecule has 0 radical (unpaired) electrons. The second kappa shape index (κ2) is 11.2. The maximum atomic E-state index is 12.5. The minimum Gasteiger partial charge on any atom is -0.351 e. The van der Waals surface area contributed by atoms with Crippen LogP contribution < -0.4 is 5.32 Å². The molecule has 4 rings (SSSR count). The third-order valence-electron chi connectivity index (χ3n) is 5.19. The summed E-state index contributed by atoms with van der Waals surface area (Å²) >= 11 is 3.26. The lowest BCUT2D eigenvalue weighted by molar-refractivity contribution is -0.128. The number of benzene rings is 2. The van der Waals surface area contributed by atoms with Crippen LogP contribution in [0.2, 0.25) is 0 Å². The Kier molecular flexibility index (Phi) is 7.85. The van der Waals surface area contributed by atoms with E-state index < -0.39 is 0 Å². The largest absolute Gasteiger partial charge is 0.351 e. The number of hydrogen-bond acceptors (Lipinski definition) is 5. The van der Waals surface area contributed by atoms with Crippen LogP contribution in [0.5, 0.6) is 0 Å². The normalized spacial score (nSPS) is 15.7. The number of carbonyl (C=O) groups excluding carboxylic acids is 2. The molecule has 164 valence electrons. The van der Waals surface area contributed by atoms with Gasteiger partial charge in [-0.2, -0.15) is 0 Å². The maximum absolute atomic E-state index is 12.5. The van der Waals surface area contributed by atoms with Crippen LogP contribution in [0.15, 0.2) is 84.0 Å². The van der Waals surface area contributed by atoms with Gasteiger partial charge in [-0.05, 0) is 41.8 Å². The predicted octanol–water partition coefficient (Wildman–Crippen LogP) is 4.42. The first-order valence-electron chi connectivity index (χ1n) is 10.6. The van der Waals surface area contributed by atoms with Crippen molar-refractivity contribution < 1.29 is 9.59 Å². The van der Waals surface area contributed by atoms with Gasteiger partial charge < -0.3 is 10.2 Å². The number of carbonyl (C=O) groups is 2. The standard InChI is InChI=1S/C25H25N3O2S2/c29-23-18-32-25(28(23)16-13-19-6-2-1-3-7-19)21-11-9-20(10-12-21)24(30)27-15-17-31-22-8-4-5-14-26-22/h1-12,14,25H,13,15-18H2,(H,27,30)/t25-/m0/s1. The first-order chi connectivity index (χ1) is 15.7. The average Bonchev–Trinajstić information content (AvgIpc) is 3.22. The summed E-state index contributed by atoms with van der Waals surface area (Å²) in [5.41, 5.74) is 2.90. The molecule has 1 aliphatic rings. The molecule has 1 fully saturated rings. The molecule has 0 bridgehead atoms. The molecule has 0 unspecified atom stereocenters. The van der Waals surface area contributed by atoms with Crippen molar-refractivity contribution in [1.29, 1.82) is 0 Å². The van der Waals surface area contributed by atoms with Crippen molar-refractivity contribution in [2.24, 2.45) is 0 Å². The number of aromatic nitrogens is 1. The Bertz CT molecular complexity index is 1030. The van der Waals surface area contributed by atoms with Crippen LogP contribution >= 0.6 is 23.5 Å². The van der Waals surface area contributed by atoms with Crippen molar-refractivity contribution in [2.75, 3.05) is 24.6 Å². The van der Waals surface area contributed by atoms with E-state index >= 15 is 0 Å². The number of pyridine rings is 1. The highest BCUT2D eigenvalue weighted by molar-refractivity contribution is 8.00. The lowest BCUT2D eigenvalue weighted by Gasteiger charge is -2.24. The van der Waals surface area contributed by atoms with E-state index in [2.05, 4.69) is 22.4 Å². The summed E-state index contributed by atoms with van der Waals surface area (Å²) in [6.07, 6.45) is 2.60. The SMILES string of the molecule is O=C(NCCSc1ccccn1)c1ccc([C@@H]2SCC(=O)N2CCc2ccccc2)cc1. The fourth-order valence-electron chi connectivity index (χ4n) is 3.52. The zero-order valence-corrected chi connectivity index (χ0v) is 19.3. The molecule has 32 heavy (non-hydrogen) atoms. The molecular weight excluding hydrogens is 438 g/mol. The molecule has 7 heteroatoms. The number of nitrogens with zero attached hydrogens (tertiary/aromatic N) is 2. The first-order valence-corrected chi connectivity index (χ1v) is 12.6. The monoisotopic (exact) mass is 463 g/mol. The Morgan fingerprint density at radius 1 is 1.06 bits per heavy atom. The van der Waals surface area contributed by atoms with E-state index in [0.29, 0.717) is 24.4 Å². The van der Waals surface area contributed by atoms with Crippen molar-refractivity contribution in [3.8, 4) is 0 Å². The fourth-order valence-corrected chi connectivity index (χ4v) is 5.46. The number of thioether (sulfide) groups is 2. The van der Waals surface area contributed by atoms with Crippen LogP contribution in [0, 0.1) is 0 Å². The zero-order chi connectivity index (χ0) is 22.2.